The molecule has 1 aromatic rings. The smallest absolute Gasteiger partial charge is 0.342 e. The lowest BCUT2D eigenvalue weighted by molar-refractivity contribution is -0.142. The van der Waals surface area contributed by atoms with Crippen molar-refractivity contribution in [2.75, 3.05) is 14.2 Å². The number of benzene rings is 1. The number of ketones is 1. The highest BCUT2D eigenvalue weighted by Crippen LogP contribution is 2.66. The van der Waals surface area contributed by atoms with Crippen molar-refractivity contribution in [2.24, 2.45) is 39.6 Å². The summed E-state index contributed by atoms with van der Waals surface area (Å²) in [5, 5.41) is 5.35. The fraction of sp³-hybridized carbons (Fsp3) is 0.714. The lowest BCUT2D eigenvalue weighted by Gasteiger charge is -2.60. The predicted molar refractivity (Wildman–Crippen MR) is 137 cm³/mol. The lowest BCUT2D eigenvalue weighted by Crippen LogP contribution is -2.54. The number of carbonyl (C=O) groups is 2. The number of hydrogen-bond donors (Lipinski definition) is 1. The first-order valence-corrected chi connectivity index (χ1v) is 15.0. The van der Waals surface area contributed by atoms with Gasteiger partial charge in [-0.05, 0) is 80.1 Å². The van der Waals surface area contributed by atoms with Crippen LogP contribution in [0.4, 0.5) is 0 Å². The van der Waals surface area contributed by atoms with Gasteiger partial charge in [-0.1, -0.05) is 13.8 Å². The molecular weight excluding hydrogens is 494 g/mol. The zero-order chi connectivity index (χ0) is 26.8. The maximum Gasteiger partial charge on any atom is 0.342 e. The number of methoxy groups -OCH3 is 2. The van der Waals surface area contributed by atoms with Crippen LogP contribution in [0.1, 0.15) is 82.0 Å². The Labute approximate surface area is 219 Å². The molecule has 4 unspecified atom stereocenters. The first-order valence-electron chi connectivity index (χ1n) is 13.4. The molecule has 2 N–H and O–H groups in total. The molecule has 5 rings (SSSR count). The predicted octanol–water partition coefficient (Wildman–Crippen LogP) is 4.49. The quantitative estimate of drug-likeness (QED) is 0.554. The van der Waals surface area contributed by atoms with Crippen molar-refractivity contribution < 1.29 is 32.2 Å². The van der Waals surface area contributed by atoms with Gasteiger partial charge in [0.25, 0.3) is 0 Å². The molecule has 0 radical (unpaired) electrons. The topological polar surface area (TPSA) is 122 Å². The Morgan fingerprint density at radius 1 is 0.973 bits per heavy atom. The first-order chi connectivity index (χ1) is 17.4. The molecule has 0 aliphatic heterocycles. The van der Waals surface area contributed by atoms with Gasteiger partial charge >= 0.3 is 5.97 Å². The van der Waals surface area contributed by atoms with Crippen LogP contribution in [0.3, 0.4) is 0 Å². The molecule has 4 saturated carbocycles. The number of carbonyl (C=O) groups excluding carboxylic acids is 2. The third kappa shape index (κ3) is 4.26. The molecule has 0 heterocycles. The zero-order valence-electron chi connectivity index (χ0n) is 22.2. The Bertz CT molecular complexity index is 1210. The minimum Gasteiger partial charge on any atom is -0.493 e. The van der Waals surface area contributed by atoms with Crippen LogP contribution in [0.5, 0.6) is 11.5 Å². The molecular formula is C28H39NO7S. The molecule has 4 aliphatic carbocycles. The number of nitrogens with two attached hydrogens (primary N) is 1. The lowest BCUT2D eigenvalue weighted by atomic mass is 9.45. The Morgan fingerprint density at radius 2 is 1.70 bits per heavy atom. The van der Waals surface area contributed by atoms with E-state index in [0.717, 1.165) is 51.4 Å². The zero-order valence-corrected chi connectivity index (χ0v) is 23.1. The molecule has 1 aromatic carbocycles. The van der Waals surface area contributed by atoms with Gasteiger partial charge in [-0.15, -0.1) is 0 Å². The number of fused-ring (bicyclic) bond motifs is 5. The minimum atomic E-state index is -4.07. The maximum absolute atomic E-state index is 13.5. The second kappa shape index (κ2) is 9.26. The summed E-state index contributed by atoms with van der Waals surface area (Å²) in [6, 6.07) is 2.45. The van der Waals surface area contributed by atoms with Crippen molar-refractivity contribution in [3.05, 3.63) is 17.7 Å². The fourth-order valence-corrected chi connectivity index (χ4v) is 9.19. The van der Waals surface area contributed by atoms with Crippen molar-refractivity contribution in [1.29, 1.82) is 0 Å². The Balaban J connectivity index is 1.39. The summed E-state index contributed by atoms with van der Waals surface area (Å²) in [5.41, 5.74) is 0.0798. The Kier molecular flexibility index (Phi) is 6.62. The summed E-state index contributed by atoms with van der Waals surface area (Å²) < 4.78 is 40.9. The van der Waals surface area contributed by atoms with Crippen LogP contribution in [0.25, 0.3) is 0 Å². The van der Waals surface area contributed by atoms with Crippen molar-refractivity contribution in [1.82, 2.24) is 0 Å². The number of esters is 1. The summed E-state index contributed by atoms with van der Waals surface area (Å²) >= 11 is 0. The third-order valence-corrected chi connectivity index (χ3v) is 11.5. The van der Waals surface area contributed by atoms with Gasteiger partial charge in [0, 0.05) is 24.3 Å². The number of hydrogen-bond acceptors (Lipinski definition) is 7. The molecule has 0 aromatic heterocycles. The highest BCUT2D eigenvalue weighted by Gasteiger charge is 2.61. The second-order valence-electron chi connectivity index (χ2n) is 12.2. The van der Waals surface area contributed by atoms with Crippen LogP contribution in [-0.2, 0) is 19.6 Å². The van der Waals surface area contributed by atoms with Crippen LogP contribution >= 0.6 is 0 Å². The summed E-state index contributed by atoms with van der Waals surface area (Å²) in [5.74, 6) is 2.19. The highest BCUT2D eigenvalue weighted by atomic mass is 32.2. The van der Waals surface area contributed by atoms with E-state index in [4.69, 9.17) is 19.3 Å². The summed E-state index contributed by atoms with van der Waals surface area (Å²) in [7, 11) is -1.30. The van der Waals surface area contributed by atoms with E-state index in [-0.39, 0.29) is 38.9 Å². The Hall–Kier alpha value is -2.13. The molecule has 0 bridgehead atoms. The van der Waals surface area contributed by atoms with E-state index in [1.807, 2.05) is 0 Å². The number of Topliss-reactive ketones (excluding diaryl/α,β-unsaturated/α-hetero) is 1. The number of ether oxygens (including phenoxy) is 3. The Morgan fingerprint density at radius 3 is 2.38 bits per heavy atom. The standard InChI is InChI=1S/C28H39NO7S/c1-27-11-9-17(30)13-16(27)5-6-19-21-7-8-24(28(21,2)12-10-22(19)27)36-26(31)20-14-18(37(29,32)33)15-23(34-3)25(20)35-4/h14-16,19,21-22,24H,5-13H2,1-4H3,(H2,29,32,33)/t16?,19?,21?,22?,24-,27-,28-/m0/s1. The molecule has 7 atom stereocenters. The van der Waals surface area contributed by atoms with E-state index in [2.05, 4.69) is 13.8 Å². The first kappa shape index (κ1) is 26.5. The fourth-order valence-electron chi connectivity index (χ4n) is 8.64. The van der Waals surface area contributed by atoms with E-state index in [1.54, 1.807) is 0 Å². The molecule has 0 spiro atoms. The molecule has 204 valence electrons. The second-order valence-corrected chi connectivity index (χ2v) is 13.7. The van der Waals surface area contributed by atoms with Gasteiger partial charge in [-0.2, -0.15) is 0 Å². The summed E-state index contributed by atoms with van der Waals surface area (Å²) in [6.07, 6.45) is 8.29. The van der Waals surface area contributed by atoms with Gasteiger partial charge in [0.2, 0.25) is 10.0 Å². The van der Waals surface area contributed by atoms with Crippen molar-refractivity contribution in [3.8, 4) is 11.5 Å². The highest BCUT2D eigenvalue weighted by molar-refractivity contribution is 7.89. The van der Waals surface area contributed by atoms with Crippen LogP contribution < -0.4 is 14.6 Å². The normalized spacial score (nSPS) is 37.2. The van der Waals surface area contributed by atoms with Crippen LogP contribution in [0.15, 0.2) is 17.0 Å². The van der Waals surface area contributed by atoms with E-state index < -0.39 is 16.0 Å². The van der Waals surface area contributed by atoms with Crippen molar-refractivity contribution >= 4 is 21.8 Å². The molecule has 9 heteroatoms. The summed E-state index contributed by atoms with van der Waals surface area (Å²) in [6.45, 7) is 4.68. The third-order valence-electron chi connectivity index (χ3n) is 10.6. The van der Waals surface area contributed by atoms with Crippen molar-refractivity contribution in [3.63, 3.8) is 0 Å². The molecule has 4 fully saturated rings. The largest absolute Gasteiger partial charge is 0.493 e. The molecule has 0 saturated heterocycles. The van der Waals surface area contributed by atoms with Crippen molar-refractivity contribution in [2.45, 2.75) is 82.6 Å². The number of rotatable bonds is 5. The average Bonchev–Trinajstić information content (AvgIpc) is 3.18. The maximum atomic E-state index is 13.5. The minimum absolute atomic E-state index is 0.00787. The van der Waals surface area contributed by atoms with Crippen LogP contribution in [-0.4, -0.2) is 40.5 Å². The summed E-state index contributed by atoms with van der Waals surface area (Å²) in [4.78, 5) is 25.4. The molecule has 37 heavy (non-hydrogen) atoms. The van der Waals surface area contributed by atoms with Gasteiger partial charge < -0.3 is 14.2 Å². The van der Waals surface area contributed by atoms with E-state index >= 15 is 0 Å². The average molecular weight is 534 g/mol. The van der Waals surface area contributed by atoms with E-state index in [0.29, 0.717) is 35.9 Å². The van der Waals surface area contributed by atoms with Gasteiger partial charge in [0.1, 0.15) is 17.5 Å². The molecule has 0 amide bonds. The monoisotopic (exact) mass is 533 g/mol. The van der Waals surface area contributed by atoms with E-state index in [1.165, 1.54) is 26.4 Å². The van der Waals surface area contributed by atoms with Gasteiger partial charge in [-0.3, -0.25) is 4.79 Å². The van der Waals surface area contributed by atoms with Gasteiger partial charge in [-0.25, -0.2) is 18.4 Å². The number of sulfonamides is 1. The van der Waals surface area contributed by atoms with Crippen LogP contribution in [0, 0.1) is 34.5 Å². The van der Waals surface area contributed by atoms with Gasteiger partial charge in [0.05, 0.1) is 19.1 Å². The SMILES string of the molecule is COc1cc(S(N)(=O)=O)cc(C(=O)O[C@H]2CCC3C4CCC5CC(=O)CC[C@]5(C)C4CC[C@@]32C)c1OC. The van der Waals surface area contributed by atoms with Gasteiger partial charge in [0.15, 0.2) is 11.5 Å². The number of primary sulfonamides is 1. The molecule has 8 nitrogen and oxygen atoms in total. The molecule has 4 aliphatic rings. The van der Waals surface area contributed by atoms with Crippen LogP contribution in [0.2, 0.25) is 0 Å². The van der Waals surface area contributed by atoms with E-state index in [9.17, 15) is 18.0 Å².